The van der Waals surface area contributed by atoms with Crippen molar-refractivity contribution < 1.29 is 4.79 Å². The average molecular weight is 190 g/mol. The minimum Gasteiger partial charge on any atom is -0.294 e. The minimum absolute atomic E-state index is 0.260. The second-order valence-electron chi connectivity index (χ2n) is 4.08. The number of ketones is 1. The maximum Gasteiger partial charge on any atom is 0.163 e. The van der Waals surface area contributed by atoms with Crippen LogP contribution in [-0.2, 0) is 6.42 Å². The molecule has 0 saturated heterocycles. The summed E-state index contributed by atoms with van der Waals surface area (Å²) < 4.78 is 0. The molecule has 1 rings (SSSR count). The van der Waals surface area contributed by atoms with Crippen LogP contribution in [0.25, 0.3) is 0 Å². The van der Waals surface area contributed by atoms with Gasteiger partial charge in [0.05, 0.1) is 0 Å². The molecule has 0 fully saturated rings. The van der Waals surface area contributed by atoms with Crippen LogP contribution in [-0.4, -0.2) is 5.78 Å². The number of carbonyl (C=O) groups is 1. The van der Waals surface area contributed by atoms with E-state index in [-0.39, 0.29) is 5.78 Å². The molecule has 0 spiro atoms. The SMILES string of the molecule is CCc1cccc(C(=O)CC(C)C)c1. The number of hydrogen-bond acceptors (Lipinski definition) is 1. The van der Waals surface area contributed by atoms with Crippen molar-refractivity contribution in [1.82, 2.24) is 0 Å². The van der Waals surface area contributed by atoms with Crippen molar-refractivity contribution in [3.05, 3.63) is 35.4 Å². The fourth-order valence-electron chi connectivity index (χ4n) is 1.45. The molecule has 0 radical (unpaired) electrons. The van der Waals surface area contributed by atoms with E-state index in [1.807, 2.05) is 18.2 Å². The standard InChI is InChI=1S/C13H18O/c1-4-11-6-5-7-12(9-11)13(14)8-10(2)3/h5-7,9-10H,4,8H2,1-3H3. The van der Waals surface area contributed by atoms with E-state index in [1.54, 1.807) is 0 Å². The molecule has 14 heavy (non-hydrogen) atoms. The van der Waals surface area contributed by atoms with Crippen molar-refractivity contribution in [3.63, 3.8) is 0 Å². The van der Waals surface area contributed by atoms with Crippen molar-refractivity contribution in [2.75, 3.05) is 0 Å². The van der Waals surface area contributed by atoms with E-state index in [0.29, 0.717) is 12.3 Å². The molecule has 0 aromatic heterocycles. The maximum atomic E-state index is 11.7. The molecule has 1 nitrogen and oxygen atoms in total. The van der Waals surface area contributed by atoms with Gasteiger partial charge in [0.25, 0.3) is 0 Å². The van der Waals surface area contributed by atoms with Crippen molar-refractivity contribution in [3.8, 4) is 0 Å². The number of benzene rings is 1. The minimum atomic E-state index is 0.260. The zero-order valence-electron chi connectivity index (χ0n) is 9.21. The van der Waals surface area contributed by atoms with Crippen LogP contribution in [0.5, 0.6) is 0 Å². The molecule has 0 atom stereocenters. The van der Waals surface area contributed by atoms with E-state index in [2.05, 4.69) is 26.8 Å². The summed E-state index contributed by atoms with van der Waals surface area (Å²) in [5.41, 5.74) is 2.10. The summed E-state index contributed by atoms with van der Waals surface area (Å²) in [6.07, 6.45) is 1.63. The monoisotopic (exact) mass is 190 g/mol. The largest absolute Gasteiger partial charge is 0.294 e. The lowest BCUT2D eigenvalue weighted by Gasteiger charge is -2.05. The summed E-state index contributed by atoms with van der Waals surface area (Å²) in [4.78, 5) is 11.7. The Hall–Kier alpha value is -1.11. The fourth-order valence-corrected chi connectivity index (χ4v) is 1.45. The van der Waals surface area contributed by atoms with Crippen molar-refractivity contribution >= 4 is 5.78 Å². The second kappa shape index (κ2) is 4.94. The molecule has 0 unspecified atom stereocenters. The molecule has 76 valence electrons. The molecule has 1 aromatic carbocycles. The molecular weight excluding hydrogens is 172 g/mol. The Kier molecular flexibility index (Phi) is 3.87. The van der Waals surface area contributed by atoms with Crippen LogP contribution < -0.4 is 0 Å². The quantitative estimate of drug-likeness (QED) is 0.664. The average Bonchev–Trinajstić information content (AvgIpc) is 2.17. The number of Topliss-reactive ketones (excluding diaryl/α,β-unsaturated/α-hetero) is 1. The molecule has 0 amide bonds. The Bertz CT molecular complexity index is 313. The van der Waals surface area contributed by atoms with Crippen LogP contribution >= 0.6 is 0 Å². The first kappa shape index (κ1) is 11.0. The van der Waals surface area contributed by atoms with Gasteiger partial charge in [0.15, 0.2) is 5.78 Å². The molecule has 0 aliphatic heterocycles. The molecule has 0 N–H and O–H groups in total. The highest BCUT2D eigenvalue weighted by Crippen LogP contribution is 2.11. The van der Waals surface area contributed by atoms with Gasteiger partial charge in [-0.25, -0.2) is 0 Å². The number of carbonyl (C=O) groups excluding carboxylic acids is 1. The third-order valence-corrected chi connectivity index (χ3v) is 2.25. The van der Waals surface area contributed by atoms with Gasteiger partial charge < -0.3 is 0 Å². The van der Waals surface area contributed by atoms with Gasteiger partial charge in [0.1, 0.15) is 0 Å². The van der Waals surface area contributed by atoms with Gasteiger partial charge >= 0.3 is 0 Å². The van der Waals surface area contributed by atoms with Crippen LogP contribution in [0.15, 0.2) is 24.3 Å². The second-order valence-corrected chi connectivity index (χ2v) is 4.08. The predicted octanol–water partition coefficient (Wildman–Crippen LogP) is 3.48. The summed E-state index contributed by atoms with van der Waals surface area (Å²) in [5.74, 6) is 0.697. The van der Waals surface area contributed by atoms with E-state index in [4.69, 9.17) is 0 Å². The van der Waals surface area contributed by atoms with Crippen molar-refractivity contribution in [2.45, 2.75) is 33.6 Å². The third-order valence-electron chi connectivity index (χ3n) is 2.25. The topological polar surface area (TPSA) is 17.1 Å². The highest BCUT2D eigenvalue weighted by molar-refractivity contribution is 5.96. The zero-order chi connectivity index (χ0) is 10.6. The summed E-state index contributed by atoms with van der Waals surface area (Å²) in [6, 6.07) is 7.94. The molecule has 0 aliphatic rings. The smallest absolute Gasteiger partial charge is 0.163 e. The molecule has 0 heterocycles. The summed E-state index contributed by atoms with van der Waals surface area (Å²) in [7, 11) is 0. The van der Waals surface area contributed by atoms with E-state index in [1.165, 1.54) is 5.56 Å². The Morgan fingerprint density at radius 3 is 2.64 bits per heavy atom. The van der Waals surface area contributed by atoms with Gasteiger partial charge in [-0.1, -0.05) is 39.0 Å². The first-order chi connectivity index (χ1) is 6.63. The molecule has 0 saturated carbocycles. The number of aryl methyl sites for hydroxylation is 1. The van der Waals surface area contributed by atoms with Gasteiger partial charge in [-0.05, 0) is 24.0 Å². The van der Waals surface area contributed by atoms with Crippen molar-refractivity contribution in [2.24, 2.45) is 5.92 Å². The molecule has 0 bridgehead atoms. The molecular formula is C13H18O. The predicted molar refractivity (Wildman–Crippen MR) is 59.6 cm³/mol. The van der Waals surface area contributed by atoms with Crippen molar-refractivity contribution in [1.29, 1.82) is 0 Å². The first-order valence-electron chi connectivity index (χ1n) is 5.25. The van der Waals surface area contributed by atoms with Gasteiger partial charge in [-0.15, -0.1) is 0 Å². The van der Waals surface area contributed by atoms with E-state index in [0.717, 1.165) is 12.0 Å². The Morgan fingerprint density at radius 1 is 1.36 bits per heavy atom. The molecule has 1 aromatic rings. The van der Waals surface area contributed by atoms with Gasteiger partial charge in [-0.2, -0.15) is 0 Å². The van der Waals surface area contributed by atoms with Crippen LogP contribution in [0.3, 0.4) is 0 Å². The van der Waals surface area contributed by atoms with Crippen LogP contribution in [0, 0.1) is 5.92 Å². The Balaban J connectivity index is 2.79. The Labute approximate surface area is 86.1 Å². The van der Waals surface area contributed by atoms with Gasteiger partial charge in [0.2, 0.25) is 0 Å². The van der Waals surface area contributed by atoms with E-state index in [9.17, 15) is 4.79 Å². The lowest BCUT2D eigenvalue weighted by Crippen LogP contribution is -2.03. The summed E-state index contributed by atoms with van der Waals surface area (Å²) >= 11 is 0. The zero-order valence-corrected chi connectivity index (χ0v) is 9.21. The van der Waals surface area contributed by atoms with Gasteiger partial charge in [0, 0.05) is 12.0 Å². The van der Waals surface area contributed by atoms with Crippen LogP contribution in [0.1, 0.15) is 43.1 Å². The van der Waals surface area contributed by atoms with Crippen LogP contribution in [0.4, 0.5) is 0 Å². The lowest BCUT2D eigenvalue weighted by molar-refractivity contribution is 0.0968. The highest BCUT2D eigenvalue weighted by Gasteiger charge is 2.07. The normalized spacial score (nSPS) is 10.6. The number of hydrogen-bond donors (Lipinski definition) is 0. The maximum absolute atomic E-state index is 11.7. The lowest BCUT2D eigenvalue weighted by atomic mass is 9.99. The fraction of sp³-hybridized carbons (Fsp3) is 0.462. The molecule has 1 heteroatoms. The third kappa shape index (κ3) is 2.99. The molecule has 0 aliphatic carbocycles. The Morgan fingerprint density at radius 2 is 2.07 bits per heavy atom. The van der Waals surface area contributed by atoms with E-state index >= 15 is 0 Å². The van der Waals surface area contributed by atoms with E-state index < -0.39 is 0 Å². The highest BCUT2D eigenvalue weighted by atomic mass is 16.1. The summed E-state index contributed by atoms with van der Waals surface area (Å²) in [6.45, 7) is 6.25. The van der Waals surface area contributed by atoms with Gasteiger partial charge in [-0.3, -0.25) is 4.79 Å². The first-order valence-corrected chi connectivity index (χ1v) is 5.25. The summed E-state index contributed by atoms with van der Waals surface area (Å²) in [5, 5.41) is 0. The number of rotatable bonds is 4. The van der Waals surface area contributed by atoms with Crippen LogP contribution in [0.2, 0.25) is 0 Å².